The summed E-state index contributed by atoms with van der Waals surface area (Å²) in [5.41, 5.74) is 0.656. The van der Waals surface area contributed by atoms with Crippen molar-refractivity contribution in [3.63, 3.8) is 0 Å². The Bertz CT molecular complexity index is 826. The van der Waals surface area contributed by atoms with Crippen molar-refractivity contribution in [3.8, 4) is 0 Å². The number of rotatable bonds is 4. The largest absolute Gasteiger partial charge is 0.393 e. The standard InChI is InChI=1S/C28H42O3/c1-18(2)19(3)7-8-20(4)22-9-10-23-25(22,5)13-12-24-26(6)14-11-21(29)17-27(26)15-16-28(23,24)31-30-27/h7-8,12,15-16,18-23,29H,9-11,13-14,17H2,1-6H3/b8-7+/t19-,20+,21+,22+,23-,25+,26+,27+,28-/m0/s1. The fraction of sp³-hybridized carbons (Fsp3) is 0.786. The third kappa shape index (κ3) is 2.82. The molecule has 3 nitrogen and oxygen atoms in total. The number of hydrogen-bond acceptors (Lipinski definition) is 3. The number of aliphatic hydroxyl groups is 1. The second-order valence-electron chi connectivity index (χ2n) is 12.3. The highest BCUT2D eigenvalue weighted by atomic mass is 17.2. The summed E-state index contributed by atoms with van der Waals surface area (Å²) in [5.74, 6) is 2.98. The second kappa shape index (κ2) is 7.05. The molecule has 0 unspecified atom stereocenters. The van der Waals surface area contributed by atoms with Crippen molar-refractivity contribution in [1.29, 1.82) is 0 Å². The molecule has 9 atom stereocenters. The Labute approximate surface area is 188 Å². The number of fused-ring (bicyclic) bond motifs is 2. The minimum Gasteiger partial charge on any atom is -0.393 e. The van der Waals surface area contributed by atoms with Gasteiger partial charge in [-0.15, -0.1) is 0 Å². The molecule has 3 fully saturated rings. The summed E-state index contributed by atoms with van der Waals surface area (Å²) in [6.07, 6.45) is 17.8. The van der Waals surface area contributed by atoms with Gasteiger partial charge in [0.1, 0.15) is 11.2 Å². The van der Waals surface area contributed by atoms with E-state index in [-0.39, 0.29) is 16.9 Å². The summed E-state index contributed by atoms with van der Waals surface area (Å²) >= 11 is 0. The highest BCUT2D eigenvalue weighted by Gasteiger charge is 2.71. The van der Waals surface area contributed by atoms with E-state index in [1.165, 1.54) is 18.4 Å². The van der Waals surface area contributed by atoms with E-state index in [1.807, 2.05) is 0 Å². The van der Waals surface area contributed by atoms with Gasteiger partial charge in [0.05, 0.1) is 6.10 Å². The smallest absolute Gasteiger partial charge is 0.147 e. The lowest BCUT2D eigenvalue weighted by Gasteiger charge is -2.66. The molecular weight excluding hydrogens is 384 g/mol. The Kier molecular flexibility index (Phi) is 4.98. The van der Waals surface area contributed by atoms with Crippen LogP contribution in [-0.4, -0.2) is 22.4 Å². The molecule has 0 aromatic heterocycles. The molecule has 1 saturated heterocycles. The summed E-state index contributed by atoms with van der Waals surface area (Å²) < 4.78 is 0. The highest BCUT2D eigenvalue weighted by Crippen LogP contribution is 2.71. The predicted molar refractivity (Wildman–Crippen MR) is 124 cm³/mol. The number of allylic oxidation sites excluding steroid dienone is 3. The SMILES string of the molecule is CC(C)[C@@H](C)/C=C/[C@@H](C)[C@H]1CC[C@H]2[C@]1(C)CC=C1[C@]23C=C[C@]2(C[C@H](O)CC[C@]12C)OO3. The van der Waals surface area contributed by atoms with Crippen LogP contribution in [-0.2, 0) is 9.78 Å². The first-order valence-electron chi connectivity index (χ1n) is 12.7. The Morgan fingerprint density at radius 1 is 1.03 bits per heavy atom. The molecule has 2 saturated carbocycles. The van der Waals surface area contributed by atoms with Gasteiger partial charge in [-0.1, -0.05) is 59.8 Å². The van der Waals surface area contributed by atoms with Crippen LogP contribution >= 0.6 is 0 Å². The number of aliphatic hydroxyl groups excluding tert-OH is 1. The van der Waals surface area contributed by atoms with Gasteiger partial charge in [-0.25, -0.2) is 9.78 Å². The maximum absolute atomic E-state index is 10.4. The molecule has 2 heterocycles. The first-order chi connectivity index (χ1) is 14.6. The summed E-state index contributed by atoms with van der Waals surface area (Å²) in [6, 6.07) is 0. The van der Waals surface area contributed by atoms with Gasteiger partial charge in [-0.3, -0.25) is 0 Å². The fourth-order valence-corrected chi connectivity index (χ4v) is 8.01. The summed E-state index contributed by atoms with van der Waals surface area (Å²) in [6.45, 7) is 14.2. The molecule has 2 spiro atoms. The molecule has 4 aliphatic carbocycles. The first-order valence-corrected chi connectivity index (χ1v) is 12.7. The van der Waals surface area contributed by atoms with Gasteiger partial charge in [0.25, 0.3) is 0 Å². The zero-order chi connectivity index (χ0) is 22.2. The molecule has 0 aromatic rings. The van der Waals surface area contributed by atoms with Gasteiger partial charge in [0.2, 0.25) is 0 Å². The van der Waals surface area contributed by atoms with Crippen molar-refractivity contribution in [2.75, 3.05) is 0 Å². The monoisotopic (exact) mass is 426 g/mol. The van der Waals surface area contributed by atoms with Crippen molar-refractivity contribution in [2.45, 2.75) is 97.4 Å². The molecule has 0 radical (unpaired) electrons. The Morgan fingerprint density at radius 3 is 2.48 bits per heavy atom. The topological polar surface area (TPSA) is 38.7 Å². The van der Waals surface area contributed by atoms with E-state index in [1.54, 1.807) is 0 Å². The van der Waals surface area contributed by atoms with Crippen LogP contribution in [0.5, 0.6) is 0 Å². The van der Waals surface area contributed by atoms with E-state index >= 15 is 0 Å². The van der Waals surface area contributed by atoms with Crippen molar-refractivity contribution in [2.24, 2.45) is 40.4 Å². The van der Waals surface area contributed by atoms with Crippen LogP contribution in [0.15, 0.2) is 36.0 Å². The molecule has 2 aliphatic heterocycles. The molecule has 3 heteroatoms. The summed E-state index contributed by atoms with van der Waals surface area (Å²) in [5, 5.41) is 10.4. The van der Waals surface area contributed by atoms with Crippen LogP contribution in [0.2, 0.25) is 0 Å². The second-order valence-corrected chi connectivity index (χ2v) is 12.3. The van der Waals surface area contributed by atoms with Gasteiger partial charge in [-0.05, 0) is 78.9 Å². The molecule has 0 aromatic carbocycles. The minimum atomic E-state index is -0.507. The van der Waals surface area contributed by atoms with Crippen LogP contribution in [0, 0.1) is 40.4 Å². The number of hydrogen-bond donors (Lipinski definition) is 1. The zero-order valence-corrected chi connectivity index (χ0v) is 20.4. The Morgan fingerprint density at radius 2 is 1.81 bits per heavy atom. The van der Waals surface area contributed by atoms with Crippen molar-refractivity contribution in [3.05, 3.63) is 36.0 Å². The fourth-order valence-electron chi connectivity index (χ4n) is 8.01. The zero-order valence-electron chi connectivity index (χ0n) is 20.4. The molecule has 6 aliphatic rings. The third-order valence-electron chi connectivity index (χ3n) is 10.5. The van der Waals surface area contributed by atoms with Crippen LogP contribution in [0.1, 0.15) is 80.1 Å². The average Bonchev–Trinajstić information content (AvgIpc) is 3.09. The van der Waals surface area contributed by atoms with Crippen molar-refractivity contribution < 1.29 is 14.9 Å². The van der Waals surface area contributed by atoms with Gasteiger partial charge in [0.15, 0.2) is 0 Å². The minimum absolute atomic E-state index is 0.0726. The van der Waals surface area contributed by atoms with Gasteiger partial charge in [0, 0.05) is 17.8 Å². The third-order valence-corrected chi connectivity index (χ3v) is 10.5. The summed E-state index contributed by atoms with van der Waals surface area (Å²) in [4.78, 5) is 12.6. The maximum Gasteiger partial charge on any atom is 0.147 e. The van der Waals surface area contributed by atoms with Crippen molar-refractivity contribution in [1.82, 2.24) is 0 Å². The lowest BCUT2D eigenvalue weighted by molar-refractivity contribution is -0.455. The molecule has 2 bridgehead atoms. The Hall–Kier alpha value is -0.900. The van der Waals surface area contributed by atoms with E-state index in [0.717, 1.165) is 19.3 Å². The average molecular weight is 427 g/mol. The highest BCUT2D eigenvalue weighted by molar-refractivity contribution is 5.48. The molecule has 0 amide bonds. The lowest BCUT2D eigenvalue weighted by atomic mass is 9.47. The van der Waals surface area contributed by atoms with E-state index in [0.29, 0.717) is 36.0 Å². The predicted octanol–water partition coefficient (Wildman–Crippen LogP) is 6.39. The quantitative estimate of drug-likeness (QED) is 0.418. The van der Waals surface area contributed by atoms with Crippen LogP contribution in [0.3, 0.4) is 0 Å². The van der Waals surface area contributed by atoms with E-state index < -0.39 is 11.2 Å². The van der Waals surface area contributed by atoms with Gasteiger partial charge in [-0.2, -0.15) is 0 Å². The molecule has 172 valence electrons. The first kappa shape index (κ1) is 21.9. The van der Waals surface area contributed by atoms with E-state index in [2.05, 4.69) is 71.9 Å². The molecular formula is C28H42O3. The summed E-state index contributed by atoms with van der Waals surface area (Å²) in [7, 11) is 0. The normalized spacial score (nSPS) is 50.2. The van der Waals surface area contributed by atoms with Gasteiger partial charge >= 0.3 is 0 Å². The van der Waals surface area contributed by atoms with Crippen LogP contribution in [0.25, 0.3) is 0 Å². The lowest BCUT2D eigenvalue weighted by Crippen LogP contribution is -2.69. The maximum atomic E-state index is 10.4. The molecule has 31 heavy (non-hydrogen) atoms. The molecule has 6 rings (SSSR count). The van der Waals surface area contributed by atoms with Gasteiger partial charge < -0.3 is 5.11 Å². The Balaban J connectivity index is 1.48. The van der Waals surface area contributed by atoms with E-state index in [4.69, 9.17) is 9.78 Å². The van der Waals surface area contributed by atoms with Crippen molar-refractivity contribution >= 4 is 0 Å². The van der Waals surface area contributed by atoms with Crippen LogP contribution < -0.4 is 0 Å². The van der Waals surface area contributed by atoms with Crippen LogP contribution in [0.4, 0.5) is 0 Å². The van der Waals surface area contributed by atoms with E-state index in [9.17, 15) is 5.11 Å². The molecule has 1 N–H and O–H groups in total.